The summed E-state index contributed by atoms with van der Waals surface area (Å²) < 4.78 is 4.87. The van der Waals surface area contributed by atoms with Crippen LogP contribution in [-0.2, 0) is 9.53 Å². The monoisotopic (exact) mass is 310 g/mol. The first-order valence-corrected chi connectivity index (χ1v) is 8.35. The van der Waals surface area contributed by atoms with E-state index in [1.54, 1.807) is 4.90 Å². The van der Waals surface area contributed by atoms with Crippen LogP contribution in [0.5, 0.6) is 0 Å². The highest BCUT2D eigenvalue weighted by molar-refractivity contribution is 5.87. The van der Waals surface area contributed by atoms with Crippen molar-refractivity contribution in [1.29, 1.82) is 0 Å². The minimum atomic E-state index is -0.498. The van der Waals surface area contributed by atoms with Crippen LogP contribution in [0.25, 0.3) is 0 Å². The molecule has 5 heteroatoms. The Bertz CT molecular complexity index is 405. The van der Waals surface area contributed by atoms with E-state index in [0.717, 1.165) is 37.8 Å². The maximum absolute atomic E-state index is 12.7. The number of hydrogen-bond acceptors (Lipinski definition) is 3. The van der Waals surface area contributed by atoms with E-state index in [4.69, 9.17) is 4.74 Å². The largest absolute Gasteiger partial charge is 0.453 e. The minimum Gasteiger partial charge on any atom is -0.453 e. The zero-order chi connectivity index (χ0) is 16.5. The number of nitrogens with one attached hydrogen (secondary N) is 1. The number of carbonyl (C=O) groups excluding carboxylic acids is 2. The van der Waals surface area contributed by atoms with Crippen molar-refractivity contribution in [1.82, 2.24) is 10.2 Å². The molecule has 5 nitrogen and oxygen atoms in total. The van der Waals surface area contributed by atoms with Gasteiger partial charge in [-0.05, 0) is 38.0 Å². The van der Waals surface area contributed by atoms with Gasteiger partial charge in [-0.25, -0.2) is 4.79 Å². The Hall–Kier alpha value is -1.52. The molecule has 1 unspecified atom stereocenters. The van der Waals surface area contributed by atoms with E-state index in [0.29, 0.717) is 6.54 Å². The average Bonchev–Trinajstić information content (AvgIpc) is 2.50. The molecule has 1 rings (SSSR count). The number of methoxy groups -OCH3 is 1. The minimum absolute atomic E-state index is 0.0279. The lowest BCUT2D eigenvalue weighted by atomic mass is 10.00. The van der Waals surface area contributed by atoms with Gasteiger partial charge in [0.05, 0.1) is 7.11 Å². The lowest BCUT2D eigenvalue weighted by Gasteiger charge is -2.32. The standard InChI is InChI=1S/C17H30N2O3/c1-5-6-12-19(17(21)22-4)15(13(2)3)16(20)18-14-10-8-7-9-11-14/h10,13,15H,5-9,11-12H2,1-4H3,(H,18,20). The van der Waals surface area contributed by atoms with Gasteiger partial charge < -0.3 is 10.1 Å². The van der Waals surface area contributed by atoms with Gasteiger partial charge in [-0.3, -0.25) is 9.69 Å². The molecule has 1 aliphatic carbocycles. The predicted octanol–water partition coefficient (Wildman–Crippen LogP) is 3.45. The van der Waals surface area contributed by atoms with Crippen LogP contribution < -0.4 is 5.32 Å². The van der Waals surface area contributed by atoms with Crippen LogP contribution in [-0.4, -0.2) is 36.6 Å². The molecule has 0 saturated heterocycles. The first kappa shape index (κ1) is 18.5. The molecule has 22 heavy (non-hydrogen) atoms. The molecular formula is C17H30N2O3. The van der Waals surface area contributed by atoms with E-state index < -0.39 is 12.1 Å². The number of ether oxygens (including phenoxy) is 1. The number of unbranched alkanes of at least 4 members (excludes halogenated alkanes) is 1. The Morgan fingerprint density at radius 3 is 2.59 bits per heavy atom. The van der Waals surface area contributed by atoms with E-state index >= 15 is 0 Å². The molecule has 0 aromatic rings. The Balaban J connectivity index is 2.84. The molecule has 1 aliphatic rings. The summed E-state index contributed by atoms with van der Waals surface area (Å²) in [5.74, 6) is -0.0789. The van der Waals surface area contributed by atoms with Crippen LogP contribution in [0.4, 0.5) is 4.79 Å². The summed E-state index contributed by atoms with van der Waals surface area (Å²) in [5.41, 5.74) is 0.988. The fourth-order valence-corrected chi connectivity index (χ4v) is 2.78. The summed E-state index contributed by atoms with van der Waals surface area (Å²) in [4.78, 5) is 26.3. The zero-order valence-electron chi connectivity index (χ0n) is 14.4. The summed E-state index contributed by atoms with van der Waals surface area (Å²) in [7, 11) is 1.36. The molecule has 0 radical (unpaired) electrons. The molecule has 0 bridgehead atoms. The average molecular weight is 310 g/mol. The molecule has 0 saturated carbocycles. The fraction of sp³-hybridized carbons (Fsp3) is 0.765. The molecular weight excluding hydrogens is 280 g/mol. The van der Waals surface area contributed by atoms with E-state index in [1.807, 2.05) is 13.8 Å². The van der Waals surface area contributed by atoms with Crippen molar-refractivity contribution in [2.45, 2.75) is 65.3 Å². The molecule has 0 aliphatic heterocycles. The molecule has 0 aromatic carbocycles. The highest BCUT2D eigenvalue weighted by Crippen LogP contribution is 2.18. The molecule has 1 atom stereocenters. The summed E-state index contributed by atoms with van der Waals surface area (Å²) in [6.07, 6.45) is 7.68. The summed E-state index contributed by atoms with van der Waals surface area (Å²) in [6, 6.07) is -0.498. The Kier molecular flexibility index (Phi) is 7.99. The molecule has 1 N–H and O–H groups in total. The van der Waals surface area contributed by atoms with Gasteiger partial charge in [0.2, 0.25) is 5.91 Å². The highest BCUT2D eigenvalue weighted by Gasteiger charge is 2.33. The quantitative estimate of drug-likeness (QED) is 0.783. The van der Waals surface area contributed by atoms with Crippen LogP contribution in [0, 0.1) is 5.92 Å². The number of hydrogen-bond donors (Lipinski definition) is 1. The van der Waals surface area contributed by atoms with Crippen molar-refractivity contribution in [2.24, 2.45) is 5.92 Å². The van der Waals surface area contributed by atoms with E-state index in [2.05, 4.69) is 18.3 Å². The van der Waals surface area contributed by atoms with Crippen LogP contribution in [0.3, 0.4) is 0 Å². The lowest BCUT2D eigenvalue weighted by molar-refractivity contribution is -0.126. The first-order valence-electron chi connectivity index (χ1n) is 8.35. The topological polar surface area (TPSA) is 58.6 Å². The maximum Gasteiger partial charge on any atom is 0.410 e. The number of rotatable bonds is 7. The first-order chi connectivity index (χ1) is 10.5. The third kappa shape index (κ3) is 5.35. The summed E-state index contributed by atoms with van der Waals surface area (Å²) in [6.45, 7) is 6.52. The Labute approximate surface area is 134 Å². The smallest absolute Gasteiger partial charge is 0.410 e. The third-order valence-electron chi connectivity index (χ3n) is 3.97. The number of carbonyl (C=O) groups is 2. The second-order valence-electron chi connectivity index (χ2n) is 6.17. The molecule has 0 spiro atoms. The molecule has 0 fully saturated rings. The van der Waals surface area contributed by atoms with E-state index in [9.17, 15) is 9.59 Å². The van der Waals surface area contributed by atoms with Gasteiger partial charge in [0, 0.05) is 12.2 Å². The molecule has 0 heterocycles. The van der Waals surface area contributed by atoms with Gasteiger partial charge in [-0.15, -0.1) is 0 Å². The molecule has 0 aromatic heterocycles. The van der Waals surface area contributed by atoms with Crippen LogP contribution >= 0.6 is 0 Å². The van der Waals surface area contributed by atoms with E-state index in [-0.39, 0.29) is 11.8 Å². The second-order valence-corrected chi connectivity index (χ2v) is 6.17. The van der Waals surface area contributed by atoms with Crippen LogP contribution in [0.1, 0.15) is 59.3 Å². The van der Waals surface area contributed by atoms with Crippen molar-refractivity contribution in [3.8, 4) is 0 Å². The normalized spacial score (nSPS) is 16.0. The van der Waals surface area contributed by atoms with Gasteiger partial charge in [-0.2, -0.15) is 0 Å². The summed E-state index contributed by atoms with van der Waals surface area (Å²) in [5, 5.41) is 3.01. The lowest BCUT2D eigenvalue weighted by Crippen LogP contribution is -2.52. The number of nitrogens with zero attached hydrogens (tertiary/aromatic N) is 1. The van der Waals surface area contributed by atoms with Crippen molar-refractivity contribution >= 4 is 12.0 Å². The van der Waals surface area contributed by atoms with Gasteiger partial charge in [-0.1, -0.05) is 33.3 Å². The van der Waals surface area contributed by atoms with Crippen LogP contribution in [0.15, 0.2) is 11.8 Å². The maximum atomic E-state index is 12.7. The van der Waals surface area contributed by atoms with Gasteiger partial charge >= 0.3 is 6.09 Å². The number of allylic oxidation sites excluding steroid dienone is 2. The second kappa shape index (κ2) is 9.49. The fourth-order valence-electron chi connectivity index (χ4n) is 2.78. The highest BCUT2D eigenvalue weighted by atomic mass is 16.5. The van der Waals surface area contributed by atoms with Crippen LogP contribution in [0.2, 0.25) is 0 Å². The van der Waals surface area contributed by atoms with Crippen molar-refractivity contribution in [3.63, 3.8) is 0 Å². The number of amides is 2. The van der Waals surface area contributed by atoms with Crippen molar-refractivity contribution in [3.05, 3.63) is 11.8 Å². The Morgan fingerprint density at radius 2 is 2.09 bits per heavy atom. The van der Waals surface area contributed by atoms with Gasteiger partial charge in [0.15, 0.2) is 0 Å². The van der Waals surface area contributed by atoms with Gasteiger partial charge in [0.25, 0.3) is 0 Å². The Morgan fingerprint density at radius 1 is 1.36 bits per heavy atom. The molecule has 126 valence electrons. The third-order valence-corrected chi connectivity index (χ3v) is 3.97. The van der Waals surface area contributed by atoms with Crippen molar-refractivity contribution in [2.75, 3.05) is 13.7 Å². The molecule has 2 amide bonds. The summed E-state index contributed by atoms with van der Waals surface area (Å²) >= 11 is 0. The van der Waals surface area contributed by atoms with Gasteiger partial charge in [0.1, 0.15) is 6.04 Å². The zero-order valence-corrected chi connectivity index (χ0v) is 14.4. The SMILES string of the molecule is CCCCN(C(=O)OC)C(C(=O)NC1=CCCCC1)C(C)C. The predicted molar refractivity (Wildman–Crippen MR) is 87.3 cm³/mol. The van der Waals surface area contributed by atoms with E-state index in [1.165, 1.54) is 13.5 Å². The van der Waals surface area contributed by atoms with Crippen molar-refractivity contribution < 1.29 is 14.3 Å².